The van der Waals surface area contributed by atoms with Crippen LogP contribution in [0.15, 0.2) is 95.0 Å². The maximum Gasteiger partial charge on any atom is 0.289 e. The van der Waals surface area contributed by atoms with Crippen LogP contribution in [0.1, 0.15) is 5.56 Å². The minimum absolute atomic E-state index is 0.228. The predicted octanol–water partition coefficient (Wildman–Crippen LogP) is 6.21. The number of carbonyl (C=O) groups excluding carboxylic acids is 1. The maximum atomic E-state index is 13.3. The molecule has 3 aromatic carbocycles. The molecule has 4 aromatic rings. The molecule has 6 nitrogen and oxygen atoms in total. The number of hydrogen-bond donors (Lipinski definition) is 1. The summed E-state index contributed by atoms with van der Waals surface area (Å²) >= 11 is 1.06. The van der Waals surface area contributed by atoms with Crippen LogP contribution in [0.5, 0.6) is 5.75 Å². The topological polar surface area (TPSA) is 68.5 Å². The number of halogens is 1. The molecule has 0 unspecified atom stereocenters. The second-order valence-corrected chi connectivity index (χ2v) is 8.42. The summed E-state index contributed by atoms with van der Waals surface area (Å²) in [6.07, 6.45) is 3.80. The van der Waals surface area contributed by atoms with E-state index in [9.17, 15) is 9.18 Å². The molecule has 1 aliphatic heterocycles. The largest absolute Gasteiger partial charge is 0.497 e. The van der Waals surface area contributed by atoms with Gasteiger partial charge in [-0.15, -0.1) is 0 Å². The number of methoxy groups -OCH3 is 1. The molecule has 2 heterocycles. The monoisotopic (exact) mass is 470 g/mol. The van der Waals surface area contributed by atoms with Gasteiger partial charge in [0.1, 0.15) is 17.4 Å². The number of aliphatic imine (C=N–C) groups is 1. The number of thioether (sulfide) groups is 1. The Hall–Kier alpha value is -4.17. The third-order valence-electron chi connectivity index (χ3n) is 5.14. The van der Waals surface area contributed by atoms with E-state index in [1.165, 1.54) is 12.1 Å². The lowest BCUT2D eigenvalue weighted by Gasteiger charge is -2.03. The van der Waals surface area contributed by atoms with Crippen LogP contribution in [-0.4, -0.2) is 28.0 Å². The summed E-state index contributed by atoms with van der Waals surface area (Å²) in [5.74, 6) is 0.817. The van der Waals surface area contributed by atoms with Crippen LogP contribution >= 0.6 is 11.8 Å². The molecule has 1 aliphatic rings. The Bertz CT molecular complexity index is 1400. The van der Waals surface area contributed by atoms with Crippen molar-refractivity contribution in [1.29, 1.82) is 0 Å². The van der Waals surface area contributed by atoms with Gasteiger partial charge in [-0.25, -0.2) is 14.1 Å². The molecule has 168 valence electrons. The zero-order valence-corrected chi connectivity index (χ0v) is 18.9. The molecule has 1 fully saturated rings. The molecule has 0 atom stereocenters. The lowest BCUT2D eigenvalue weighted by atomic mass is 10.1. The van der Waals surface area contributed by atoms with E-state index < -0.39 is 0 Å². The van der Waals surface area contributed by atoms with Crippen molar-refractivity contribution >= 4 is 34.6 Å². The van der Waals surface area contributed by atoms with Crippen LogP contribution in [0.2, 0.25) is 0 Å². The molecule has 1 aromatic heterocycles. The average Bonchev–Trinajstić information content (AvgIpc) is 3.44. The highest BCUT2D eigenvalue weighted by molar-refractivity contribution is 8.18. The molecule has 0 saturated carbocycles. The predicted molar refractivity (Wildman–Crippen MR) is 133 cm³/mol. The van der Waals surface area contributed by atoms with Gasteiger partial charge in [0.15, 0.2) is 0 Å². The fourth-order valence-corrected chi connectivity index (χ4v) is 4.20. The molecule has 5 rings (SSSR count). The number of para-hydroxylation sites is 1. The van der Waals surface area contributed by atoms with Crippen molar-refractivity contribution in [2.75, 3.05) is 7.11 Å². The Morgan fingerprint density at radius 3 is 2.47 bits per heavy atom. The van der Waals surface area contributed by atoms with Crippen molar-refractivity contribution in [3.8, 4) is 22.7 Å². The minimum Gasteiger partial charge on any atom is -0.497 e. The van der Waals surface area contributed by atoms with Crippen LogP contribution in [0.4, 0.5) is 14.9 Å². The van der Waals surface area contributed by atoms with Gasteiger partial charge in [-0.1, -0.05) is 18.2 Å². The smallest absolute Gasteiger partial charge is 0.289 e. The zero-order valence-electron chi connectivity index (χ0n) is 18.1. The number of ether oxygens (including phenoxy) is 1. The molecule has 1 N–H and O–H groups in total. The Morgan fingerprint density at radius 2 is 1.76 bits per heavy atom. The molecule has 1 amide bonds. The Kier molecular flexibility index (Phi) is 5.97. The standard InChI is InChI=1S/C26H19FN4O2S/c1-33-22-13-7-17(8-14-22)24-18(16-31(30-24)21-5-3-2-4-6-21)15-23-25(29-26(32)34-23)28-20-11-9-19(27)10-12-20/h2-16H,1H3,(H,28,29,32)/b23-15-. The first-order valence-corrected chi connectivity index (χ1v) is 11.3. The van der Waals surface area contributed by atoms with Crippen molar-refractivity contribution in [3.05, 3.63) is 101 Å². The van der Waals surface area contributed by atoms with Crippen molar-refractivity contribution in [2.24, 2.45) is 4.99 Å². The number of nitrogens with one attached hydrogen (secondary N) is 1. The van der Waals surface area contributed by atoms with E-state index in [4.69, 9.17) is 9.84 Å². The number of amides is 1. The molecule has 0 spiro atoms. The van der Waals surface area contributed by atoms with E-state index in [0.717, 1.165) is 40.0 Å². The van der Waals surface area contributed by atoms with E-state index in [1.54, 1.807) is 23.9 Å². The van der Waals surface area contributed by atoms with Crippen molar-refractivity contribution in [2.45, 2.75) is 0 Å². The van der Waals surface area contributed by atoms with Gasteiger partial charge in [0.05, 0.1) is 29.1 Å². The SMILES string of the molecule is COc1ccc(-c2nn(-c3ccccc3)cc2/C=C2\SC(=O)NC2=Nc2ccc(F)cc2)cc1. The van der Waals surface area contributed by atoms with Crippen molar-refractivity contribution in [1.82, 2.24) is 15.1 Å². The first kappa shape index (κ1) is 21.7. The highest BCUT2D eigenvalue weighted by Gasteiger charge is 2.25. The molecule has 1 saturated heterocycles. The lowest BCUT2D eigenvalue weighted by Crippen LogP contribution is -2.18. The summed E-state index contributed by atoms with van der Waals surface area (Å²) in [6, 6.07) is 23.2. The summed E-state index contributed by atoms with van der Waals surface area (Å²) in [6.45, 7) is 0. The normalized spacial score (nSPS) is 15.6. The molecule has 34 heavy (non-hydrogen) atoms. The fraction of sp³-hybridized carbons (Fsp3) is 0.0385. The van der Waals surface area contributed by atoms with Gasteiger partial charge < -0.3 is 10.1 Å². The van der Waals surface area contributed by atoms with E-state index in [-0.39, 0.29) is 11.1 Å². The van der Waals surface area contributed by atoms with E-state index in [0.29, 0.717) is 16.4 Å². The van der Waals surface area contributed by atoms with Gasteiger partial charge in [0.25, 0.3) is 5.24 Å². The van der Waals surface area contributed by atoms with Gasteiger partial charge in [-0.05, 0) is 78.5 Å². The van der Waals surface area contributed by atoms with Crippen LogP contribution in [0, 0.1) is 5.82 Å². The number of hydrogen-bond acceptors (Lipinski definition) is 5. The van der Waals surface area contributed by atoms with Crippen molar-refractivity contribution in [3.63, 3.8) is 0 Å². The Balaban J connectivity index is 1.60. The number of aromatic nitrogens is 2. The molecule has 8 heteroatoms. The van der Waals surface area contributed by atoms with Crippen molar-refractivity contribution < 1.29 is 13.9 Å². The van der Waals surface area contributed by atoms with Crippen LogP contribution in [-0.2, 0) is 0 Å². The Morgan fingerprint density at radius 1 is 1.03 bits per heavy atom. The highest BCUT2D eigenvalue weighted by atomic mass is 32.2. The first-order chi connectivity index (χ1) is 16.6. The van der Waals surface area contributed by atoms with Crippen LogP contribution in [0.25, 0.3) is 23.0 Å². The van der Waals surface area contributed by atoms with Gasteiger partial charge in [0, 0.05) is 17.3 Å². The lowest BCUT2D eigenvalue weighted by molar-refractivity contribution is 0.265. The molecular formula is C26H19FN4O2S. The molecule has 0 bridgehead atoms. The second kappa shape index (κ2) is 9.36. The fourth-order valence-electron chi connectivity index (χ4n) is 3.48. The summed E-state index contributed by atoms with van der Waals surface area (Å²) in [4.78, 5) is 17.3. The van der Waals surface area contributed by atoms with Gasteiger partial charge in [0.2, 0.25) is 0 Å². The number of nitrogens with zero attached hydrogens (tertiary/aromatic N) is 3. The maximum absolute atomic E-state index is 13.3. The van der Waals surface area contributed by atoms with E-state index in [2.05, 4.69) is 10.3 Å². The van der Waals surface area contributed by atoms with Gasteiger partial charge in [-0.3, -0.25) is 4.79 Å². The third-order valence-corrected chi connectivity index (χ3v) is 5.96. The number of rotatable bonds is 5. The van der Waals surface area contributed by atoms with E-state index >= 15 is 0 Å². The molecular weight excluding hydrogens is 451 g/mol. The summed E-state index contributed by atoms with van der Waals surface area (Å²) < 4.78 is 20.4. The Labute approximate surface area is 199 Å². The third kappa shape index (κ3) is 4.62. The zero-order chi connectivity index (χ0) is 23.5. The van der Waals surface area contributed by atoms with Crippen LogP contribution in [0.3, 0.4) is 0 Å². The van der Waals surface area contributed by atoms with Gasteiger partial charge >= 0.3 is 0 Å². The van der Waals surface area contributed by atoms with Gasteiger partial charge in [-0.2, -0.15) is 5.10 Å². The quantitative estimate of drug-likeness (QED) is 0.376. The summed E-state index contributed by atoms with van der Waals surface area (Å²) in [5, 5.41) is 7.36. The van der Waals surface area contributed by atoms with E-state index in [1.807, 2.05) is 66.9 Å². The first-order valence-electron chi connectivity index (χ1n) is 10.4. The molecule has 0 radical (unpaired) electrons. The second-order valence-electron chi connectivity index (χ2n) is 7.40. The summed E-state index contributed by atoms with van der Waals surface area (Å²) in [5.41, 5.74) is 3.93. The number of benzene rings is 3. The summed E-state index contributed by atoms with van der Waals surface area (Å²) in [7, 11) is 1.62. The molecule has 0 aliphatic carbocycles. The number of amidine groups is 1. The van der Waals surface area contributed by atoms with Crippen LogP contribution < -0.4 is 10.1 Å². The number of carbonyl (C=O) groups is 1. The average molecular weight is 471 g/mol. The minimum atomic E-state index is -0.345. The highest BCUT2D eigenvalue weighted by Crippen LogP contribution is 2.32.